The zero-order chi connectivity index (χ0) is 15.2. The number of ether oxygens (including phenoxy) is 1. The van der Waals surface area contributed by atoms with Gasteiger partial charge < -0.3 is 4.74 Å². The Labute approximate surface area is 126 Å². The van der Waals surface area contributed by atoms with Crippen molar-refractivity contribution in [3.63, 3.8) is 0 Å². The summed E-state index contributed by atoms with van der Waals surface area (Å²) in [5, 5.41) is 0. The van der Waals surface area contributed by atoms with Crippen LogP contribution < -0.4 is 4.74 Å². The third-order valence-electron chi connectivity index (χ3n) is 3.04. The van der Waals surface area contributed by atoms with E-state index < -0.39 is 11.7 Å². The van der Waals surface area contributed by atoms with Gasteiger partial charge in [-0.25, -0.2) is 0 Å². The molecule has 5 heteroatoms. The maximum Gasteiger partial charge on any atom is 0.420 e. The van der Waals surface area contributed by atoms with Crippen LogP contribution in [0.3, 0.4) is 0 Å². The summed E-state index contributed by atoms with van der Waals surface area (Å²) >= 11 is 3.06. The van der Waals surface area contributed by atoms with Gasteiger partial charge in [0.25, 0.3) is 0 Å². The number of benzene rings is 1. The molecule has 0 amide bonds. The quantitative estimate of drug-likeness (QED) is 0.530. The van der Waals surface area contributed by atoms with Crippen LogP contribution in [0.5, 0.6) is 5.75 Å². The van der Waals surface area contributed by atoms with E-state index in [2.05, 4.69) is 22.9 Å². The molecule has 114 valence electrons. The summed E-state index contributed by atoms with van der Waals surface area (Å²) < 4.78 is 44.7. The summed E-state index contributed by atoms with van der Waals surface area (Å²) in [4.78, 5) is 0. The van der Waals surface area contributed by atoms with E-state index in [4.69, 9.17) is 4.74 Å². The smallest absolute Gasteiger partial charge is 0.420 e. The number of hydrogen-bond acceptors (Lipinski definition) is 1. The van der Waals surface area contributed by atoms with Crippen LogP contribution in [-0.4, -0.2) is 6.10 Å². The van der Waals surface area contributed by atoms with Gasteiger partial charge in [0.2, 0.25) is 0 Å². The van der Waals surface area contributed by atoms with Gasteiger partial charge in [0.05, 0.1) is 11.7 Å². The molecule has 1 aromatic carbocycles. The van der Waals surface area contributed by atoms with Gasteiger partial charge in [-0.05, 0) is 38.0 Å². The molecule has 0 saturated heterocycles. The zero-order valence-electron chi connectivity index (χ0n) is 11.8. The van der Waals surface area contributed by atoms with Gasteiger partial charge in [-0.1, -0.05) is 42.1 Å². The van der Waals surface area contributed by atoms with Gasteiger partial charge in [0.15, 0.2) is 0 Å². The highest BCUT2D eigenvalue weighted by molar-refractivity contribution is 9.10. The second kappa shape index (κ2) is 7.91. The average molecular weight is 353 g/mol. The Hall–Kier alpha value is -0.710. The lowest BCUT2D eigenvalue weighted by Crippen LogP contribution is -2.15. The normalized spacial score (nSPS) is 13.3. The topological polar surface area (TPSA) is 9.23 Å². The Kier molecular flexibility index (Phi) is 6.86. The van der Waals surface area contributed by atoms with Crippen molar-refractivity contribution in [1.82, 2.24) is 0 Å². The highest BCUT2D eigenvalue weighted by Gasteiger charge is 2.34. The lowest BCUT2D eigenvalue weighted by atomic mass is 10.1. The van der Waals surface area contributed by atoms with Crippen molar-refractivity contribution in [2.75, 3.05) is 0 Å². The van der Waals surface area contributed by atoms with Crippen molar-refractivity contribution in [3.8, 4) is 5.75 Å². The maximum absolute atomic E-state index is 12.9. The molecule has 1 rings (SSSR count). The van der Waals surface area contributed by atoms with Gasteiger partial charge in [-0.2, -0.15) is 13.2 Å². The fourth-order valence-electron chi connectivity index (χ4n) is 1.96. The summed E-state index contributed by atoms with van der Waals surface area (Å²) in [7, 11) is 0. The molecule has 0 radical (unpaired) electrons. The second-order valence-corrected chi connectivity index (χ2v) is 5.83. The minimum atomic E-state index is -4.40. The summed E-state index contributed by atoms with van der Waals surface area (Å²) in [6.45, 7) is 3.94. The van der Waals surface area contributed by atoms with Gasteiger partial charge in [0, 0.05) is 4.47 Å². The first-order chi connectivity index (χ1) is 9.34. The third kappa shape index (κ3) is 5.73. The van der Waals surface area contributed by atoms with Crippen molar-refractivity contribution in [2.24, 2.45) is 0 Å². The molecule has 1 aromatic rings. The van der Waals surface area contributed by atoms with Crippen LogP contribution in [0.25, 0.3) is 0 Å². The minimum absolute atomic E-state index is 0.0938. The van der Waals surface area contributed by atoms with Crippen LogP contribution in [0, 0.1) is 0 Å². The number of unbranched alkanes of at least 4 members (excludes halogenated alkanes) is 3. The van der Waals surface area contributed by atoms with Gasteiger partial charge in [0.1, 0.15) is 5.75 Å². The molecule has 0 N–H and O–H groups in total. The summed E-state index contributed by atoms with van der Waals surface area (Å²) in [5.74, 6) is -0.0938. The SMILES string of the molecule is CCCCCCC(C)Oc1ccc(Br)cc1C(F)(F)F. The van der Waals surface area contributed by atoms with E-state index in [9.17, 15) is 13.2 Å². The van der Waals surface area contributed by atoms with Crippen LogP contribution >= 0.6 is 15.9 Å². The largest absolute Gasteiger partial charge is 0.490 e. The highest BCUT2D eigenvalue weighted by atomic mass is 79.9. The molecule has 0 aromatic heterocycles. The van der Waals surface area contributed by atoms with Crippen molar-refractivity contribution in [2.45, 2.75) is 58.2 Å². The first kappa shape index (κ1) is 17.3. The Morgan fingerprint density at radius 3 is 2.50 bits per heavy atom. The fraction of sp³-hybridized carbons (Fsp3) is 0.600. The molecule has 1 atom stereocenters. The first-order valence-corrected chi connectivity index (χ1v) is 7.67. The zero-order valence-corrected chi connectivity index (χ0v) is 13.4. The van der Waals surface area contributed by atoms with E-state index in [1.807, 2.05) is 6.92 Å². The molecule has 0 aliphatic heterocycles. The molecule has 0 aliphatic rings. The third-order valence-corrected chi connectivity index (χ3v) is 3.53. The number of hydrogen-bond donors (Lipinski definition) is 0. The van der Waals surface area contributed by atoms with E-state index in [0.717, 1.165) is 38.2 Å². The van der Waals surface area contributed by atoms with Gasteiger partial charge >= 0.3 is 6.18 Å². The second-order valence-electron chi connectivity index (χ2n) is 4.92. The molecule has 0 fully saturated rings. The molecule has 20 heavy (non-hydrogen) atoms. The monoisotopic (exact) mass is 352 g/mol. The molecule has 0 aliphatic carbocycles. The molecular weight excluding hydrogens is 333 g/mol. The van der Waals surface area contributed by atoms with E-state index >= 15 is 0 Å². The lowest BCUT2D eigenvalue weighted by molar-refractivity contribution is -0.139. The van der Waals surface area contributed by atoms with E-state index in [1.54, 1.807) is 6.07 Å². The minimum Gasteiger partial charge on any atom is -0.490 e. The standard InChI is InChI=1S/C15H20BrF3O/c1-3-4-5-6-7-11(2)20-14-9-8-12(16)10-13(14)15(17,18)19/h8-11H,3-7H2,1-2H3. The summed E-state index contributed by atoms with van der Waals surface area (Å²) in [6.07, 6.45) is 0.519. The Bertz CT molecular complexity index is 418. The van der Waals surface area contributed by atoms with Crippen LogP contribution in [0.4, 0.5) is 13.2 Å². The molecular formula is C15H20BrF3O. The number of rotatable bonds is 7. The molecule has 0 bridgehead atoms. The summed E-state index contributed by atoms with van der Waals surface area (Å²) in [6, 6.07) is 3.99. The highest BCUT2D eigenvalue weighted by Crippen LogP contribution is 2.38. The summed E-state index contributed by atoms with van der Waals surface area (Å²) in [5.41, 5.74) is -0.729. The van der Waals surface area contributed by atoms with Crippen molar-refractivity contribution in [1.29, 1.82) is 0 Å². The predicted octanol–water partition coefficient (Wildman–Crippen LogP) is 6.21. The van der Waals surface area contributed by atoms with Crippen LogP contribution in [0.1, 0.15) is 51.5 Å². The Morgan fingerprint density at radius 1 is 1.20 bits per heavy atom. The predicted molar refractivity (Wildman–Crippen MR) is 78.0 cm³/mol. The van der Waals surface area contributed by atoms with Crippen LogP contribution in [0.15, 0.2) is 22.7 Å². The van der Waals surface area contributed by atoms with Gasteiger partial charge in [-0.15, -0.1) is 0 Å². The van der Waals surface area contributed by atoms with E-state index in [0.29, 0.717) is 4.47 Å². The number of halogens is 4. The molecule has 0 heterocycles. The molecule has 1 nitrogen and oxygen atoms in total. The fourth-order valence-corrected chi connectivity index (χ4v) is 2.32. The first-order valence-electron chi connectivity index (χ1n) is 6.88. The lowest BCUT2D eigenvalue weighted by Gasteiger charge is -2.19. The average Bonchev–Trinajstić information content (AvgIpc) is 2.35. The Balaban J connectivity index is 2.67. The van der Waals surface area contributed by atoms with Gasteiger partial charge in [-0.3, -0.25) is 0 Å². The number of alkyl halides is 3. The molecule has 0 spiro atoms. The van der Waals surface area contributed by atoms with Crippen LogP contribution in [0.2, 0.25) is 0 Å². The molecule has 0 saturated carbocycles. The van der Waals surface area contributed by atoms with Crippen molar-refractivity contribution in [3.05, 3.63) is 28.2 Å². The van der Waals surface area contributed by atoms with E-state index in [-0.39, 0.29) is 11.9 Å². The van der Waals surface area contributed by atoms with E-state index in [1.165, 1.54) is 6.07 Å². The molecule has 1 unspecified atom stereocenters. The van der Waals surface area contributed by atoms with Crippen molar-refractivity contribution >= 4 is 15.9 Å². The van der Waals surface area contributed by atoms with Crippen LogP contribution in [-0.2, 0) is 6.18 Å². The Morgan fingerprint density at radius 2 is 1.90 bits per heavy atom. The maximum atomic E-state index is 12.9. The van der Waals surface area contributed by atoms with Crippen molar-refractivity contribution < 1.29 is 17.9 Å².